The molecule has 0 bridgehead atoms. The maximum Gasteiger partial charge on any atom is 0.407 e. The molecule has 0 aromatic rings. The molecule has 1 rings (SSSR count). The predicted molar refractivity (Wildman–Crippen MR) is 66.8 cm³/mol. The number of carbonyl (C=O) groups excluding carboxylic acids is 1. The Labute approximate surface area is 104 Å². The molecule has 1 amide bonds. The zero-order chi connectivity index (χ0) is 12.9. The lowest BCUT2D eigenvalue weighted by Gasteiger charge is -2.29. The lowest BCUT2D eigenvalue weighted by Crippen LogP contribution is -2.41. The van der Waals surface area contributed by atoms with Gasteiger partial charge in [0.2, 0.25) is 0 Å². The van der Waals surface area contributed by atoms with Crippen LogP contribution in [0, 0.1) is 5.92 Å². The van der Waals surface area contributed by atoms with Gasteiger partial charge >= 0.3 is 6.09 Å². The summed E-state index contributed by atoms with van der Waals surface area (Å²) in [5.41, 5.74) is -0.432. The molecule has 100 valence electrons. The van der Waals surface area contributed by atoms with Crippen molar-refractivity contribution in [2.75, 3.05) is 6.61 Å². The lowest BCUT2D eigenvalue weighted by molar-refractivity contribution is 0.0485. The van der Waals surface area contributed by atoms with Crippen LogP contribution in [0.15, 0.2) is 0 Å². The fraction of sp³-hybridized carbons (Fsp3) is 0.923. The topological polar surface area (TPSA) is 58.6 Å². The normalized spacial score (nSPS) is 25.4. The summed E-state index contributed by atoms with van der Waals surface area (Å²) in [6.07, 6.45) is 4.72. The Kier molecular flexibility index (Phi) is 5.25. The molecule has 0 aromatic heterocycles. The van der Waals surface area contributed by atoms with Crippen molar-refractivity contribution in [1.29, 1.82) is 0 Å². The number of aliphatic hydroxyl groups excluding tert-OH is 1. The van der Waals surface area contributed by atoms with Crippen LogP contribution in [0.5, 0.6) is 0 Å². The van der Waals surface area contributed by atoms with Gasteiger partial charge in [0.15, 0.2) is 0 Å². The summed E-state index contributed by atoms with van der Waals surface area (Å²) in [7, 11) is 0. The maximum absolute atomic E-state index is 11.6. The average molecular weight is 243 g/mol. The highest BCUT2D eigenvalue weighted by atomic mass is 16.6. The van der Waals surface area contributed by atoms with Crippen LogP contribution < -0.4 is 5.32 Å². The quantitative estimate of drug-likeness (QED) is 0.800. The van der Waals surface area contributed by atoms with Crippen molar-refractivity contribution < 1.29 is 14.6 Å². The van der Waals surface area contributed by atoms with Crippen molar-refractivity contribution in [2.24, 2.45) is 5.92 Å². The Bertz CT molecular complexity index is 240. The second-order valence-electron chi connectivity index (χ2n) is 5.88. The highest BCUT2D eigenvalue weighted by Gasteiger charge is 2.24. The number of hydrogen-bond acceptors (Lipinski definition) is 3. The number of hydrogen-bond donors (Lipinski definition) is 2. The largest absolute Gasteiger partial charge is 0.444 e. The molecule has 17 heavy (non-hydrogen) atoms. The van der Waals surface area contributed by atoms with Crippen molar-refractivity contribution in [3.63, 3.8) is 0 Å². The predicted octanol–water partition coefficient (Wildman–Crippen LogP) is 2.45. The third-order valence-corrected chi connectivity index (χ3v) is 3.10. The monoisotopic (exact) mass is 243 g/mol. The van der Waals surface area contributed by atoms with Gasteiger partial charge in [0.25, 0.3) is 0 Å². The zero-order valence-corrected chi connectivity index (χ0v) is 11.2. The number of aliphatic hydroxyl groups is 1. The van der Waals surface area contributed by atoms with E-state index in [2.05, 4.69) is 5.32 Å². The number of nitrogens with one attached hydrogen (secondary N) is 1. The van der Waals surface area contributed by atoms with Gasteiger partial charge in [-0.25, -0.2) is 4.79 Å². The van der Waals surface area contributed by atoms with E-state index in [0.717, 1.165) is 32.1 Å². The van der Waals surface area contributed by atoms with E-state index in [1.165, 1.54) is 0 Å². The summed E-state index contributed by atoms with van der Waals surface area (Å²) in [6.45, 7) is 5.87. The minimum atomic E-state index is -0.432. The lowest BCUT2D eigenvalue weighted by atomic mass is 9.84. The molecule has 0 atom stereocenters. The zero-order valence-electron chi connectivity index (χ0n) is 11.2. The Morgan fingerprint density at radius 2 is 1.88 bits per heavy atom. The average Bonchev–Trinajstić information content (AvgIpc) is 2.18. The summed E-state index contributed by atoms with van der Waals surface area (Å²) in [5, 5.41) is 11.8. The Balaban J connectivity index is 2.24. The number of alkyl carbamates (subject to hydrolysis) is 1. The summed E-state index contributed by atoms with van der Waals surface area (Å²) in [4.78, 5) is 11.6. The highest BCUT2D eigenvalue weighted by molar-refractivity contribution is 5.68. The standard InChI is InChI=1S/C13H25NO3/c1-13(2,3)17-12(16)14-11-6-4-10(5-7-11)8-9-15/h10-11,15H,4-9H2,1-3H3,(H,14,16). The number of ether oxygens (including phenoxy) is 1. The van der Waals surface area contributed by atoms with Gasteiger partial charge in [-0.15, -0.1) is 0 Å². The van der Waals surface area contributed by atoms with Crippen LogP contribution in [0.1, 0.15) is 52.9 Å². The molecule has 4 heteroatoms. The molecule has 0 aliphatic heterocycles. The molecule has 0 aromatic carbocycles. The van der Waals surface area contributed by atoms with Crippen LogP contribution >= 0.6 is 0 Å². The molecule has 1 aliphatic rings. The smallest absolute Gasteiger partial charge is 0.407 e. The van der Waals surface area contributed by atoms with Crippen LogP contribution in [0.3, 0.4) is 0 Å². The van der Waals surface area contributed by atoms with E-state index < -0.39 is 5.60 Å². The molecule has 4 nitrogen and oxygen atoms in total. The van der Waals surface area contributed by atoms with Gasteiger partial charge in [-0.05, 0) is 58.8 Å². The van der Waals surface area contributed by atoms with E-state index in [0.29, 0.717) is 5.92 Å². The minimum absolute atomic E-state index is 0.236. The fourth-order valence-electron chi connectivity index (χ4n) is 2.25. The van der Waals surface area contributed by atoms with Gasteiger partial charge in [-0.3, -0.25) is 0 Å². The van der Waals surface area contributed by atoms with Crippen LogP contribution in [0.25, 0.3) is 0 Å². The van der Waals surface area contributed by atoms with Crippen LogP contribution in [-0.2, 0) is 4.74 Å². The molecule has 0 radical (unpaired) electrons. The van der Waals surface area contributed by atoms with Gasteiger partial charge in [0, 0.05) is 12.6 Å². The molecule has 0 unspecified atom stereocenters. The second-order valence-corrected chi connectivity index (χ2v) is 5.88. The van der Waals surface area contributed by atoms with Crippen molar-refractivity contribution in [3.05, 3.63) is 0 Å². The molecule has 1 saturated carbocycles. The van der Waals surface area contributed by atoms with Crippen molar-refractivity contribution in [3.8, 4) is 0 Å². The van der Waals surface area contributed by atoms with Gasteiger partial charge in [-0.1, -0.05) is 0 Å². The second kappa shape index (κ2) is 6.24. The first-order valence-electron chi connectivity index (χ1n) is 6.51. The first kappa shape index (κ1) is 14.3. The van der Waals surface area contributed by atoms with E-state index in [1.807, 2.05) is 20.8 Å². The molecular formula is C13H25NO3. The molecule has 1 aliphatic carbocycles. The molecule has 0 saturated heterocycles. The number of carbonyl (C=O) groups is 1. The Morgan fingerprint density at radius 1 is 1.29 bits per heavy atom. The first-order chi connectivity index (χ1) is 7.90. The van der Waals surface area contributed by atoms with E-state index >= 15 is 0 Å². The summed E-state index contributed by atoms with van der Waals surface area (Å²) in [6, 6.07) is 0.236. The van der Waals surface area contributed by atoms with Gasteiger partial charge in [0.05, 0.1) is 0 Å². The van der Waals surface area contributed by atoms with E-state index in [4.69, 9.17) is 9.84 Å². The van der Waals surface area contributed by atoms with Gasteiger partial charge in [-0.2, -0.15) is 0 Å². The third-order valence-electron chi connectivity index (χ3n) is 3.10. The Morgan fingerprint density at radius 3 is 2.35 bits per heavy atom. The fourth-order valence-corrected chi connectivity index (χ4v) is 2.25. The molecular weight excluding hydrogens is 218 g/mol. The van der Waals surface area contributed by atoms with Crippen molar-refractivity contribution in [2.45, 2.75) is 64.5 Å². The van der Waals surface area contributed by atoms with Crippen molar-refractivity contribution >= 4 is 6.09 Å². The minimum Gasteiger partial charge on any atom is -0.444 e. The first-order valence-corrected chi connectivity index (χ1v) is 6.51. The Hall–Kier alpha value is -0.770. The SMILES string of the molecule is CC(C)(C)OC(=O)NC1CCC(CCO)CC1. The summed E-state index contributed by atoms with van der Waals surface area (Å²) >= 11 is 0. The van der Waals surface area contributed by atoms with E-state index in [-0.39, 0.29) is 18.7 Å². The third kappa shape index (κ3) is 5.91. The van der Waals surface area contributed by atoms with Crippen LogP contribution in [-0.4, -0.2) is 29.4 Å². The van der Waals surface area contributed by atoms with E-state index in [1.54, 1.807) is 0 Å². The van der Waals surface area contributed by atoms with Gasteiger partial charge < -0.3 is 15.2 Å². The van der Waals surface area contributed by atoms with Crippen molar-refractivity contribution in [1.82, 2.24) is 5.32 Å². The van der Waals surface area contributed by atoms with Crippen LogP contribution in [0.2, 0.25) is 0 Å². The molecule has 1 fully saturated rings. The maximum atomic E-state index is 11.6. The van der Waals surface area contributed by atoms with Crippen LogP contribution in [0.4, 0.5) is 4.79 Å². The molecule has 0 heterocycles. The molecule has 2 N–H and O–H groups in total. The summed E-state index contributed by atoms with van der Waals surface area (Å²) in [5.74, 6) is 0.622. The number of amides is 1. The highest BCUT2D eigenvalue weighted by Crippen LogP contribution is 2.26. The van der Waals surface area contributed by atoms with Gasteiger partial charge in [0.1, 0.15) is 5.60 Å². The van der Waals surface area contributed by atoms with E-state index in [9.17, 15) is 4.79 Å². The molecule has 0 spiro atoms. The number of rotatable bonds is 3. The summed E-state index contributed by atoms with van der Waals surface area (Å²) < 4.78 is 5.22.